The summed E-state index contributed by atoms with van der Waals surface area (Å²) in [6, 6.07) is 69.2. The van der Waals surface area contributed by atoms with Gasteiger partial charge in [-0.2, -0.15) is 0 Å². The molecule has 0 fully saturated rings. The van der Waals surface area contributed by atoms with E-state index in [1.807, 2.05) is 32.0 Å². The van der Waals surface area contributed by atoms with Crippen molar-refractivity contribution in [1.29, 1.82) is 0 Å². The fourth-order valence-electron chi connectivity index (χ4n) is 10.5. The van der Waals surface area contributed by atoms with Crippen molar-refractivity contribution >= 4 is 32.6 Å². The second kappa shape index (κ2) is 17.9. The van der Waals surface area contributed by atoms with Gasteiger partial charge in [0.1, 0.15) is 0 Å². The maximum absolute atomic E-state index is 2.51. The zero-order chi connectivity index (χ0) is 45.4. The van der Waals surface area contributed by atoms with Crippen LogP contribution in [-0.4, -0.2) is 4.57 Å². The number of hydrogen-bond acceptors (Lipinski definition) is 0. The van der Waals surface area contributed by atoms with Gasteiger partial charge in [-0.15, -0.1) is 0 Å². The third kappa shape index (κ3) is 7.78. The van der Waals surface area contributed by atoms with Crippen LogP contribution in [0.25, 0.3) is 60.5 Å². The lowest BCUT2D eigenvalue weighted by molar-refractivity contribution is 0.713. The zero-order valence-corrected chi connectivity index (χ0v) is 39.6. The van der Waals surface area contributed by atoms with Crippen molar-refractivity contribution in [1.82, 2.24) is 4.57 Å². The first-order valence-corrected chi connectivity index (χ1v) is 23.6. The van der Waals surface area contributed by atoms with Crippen molar-refractivity contribution in [3.63, 3.8) is 0 Å². The van der Waals surface area contributed by atoms with Gasteiger partial charge in [0, 0.05) is 21.6 Å². The van der Waals surface area contributed by atoms with Gasteiger partial charge in [0.05, 0.1) is 16.7 Å². The van der Waals surface area contributed by atoms with E-state index in [-0.39, 0.29) is 5.41 Å². The quantitative estimate of drug-likeness (QED) is 0.163. The SMILES string of the molecule is CC.Cc1ccc2c(c1)C(C)(c1ccccc1)c1cc(-n3c4ccc(C)cc4c4cc(C)ccc43)c3ccccc3c1-2.Cc1ccc2c(c1)C(C)Cc1ccccc1-2.Cc1ccccc1. The summed E-state index contributed by atoms with van der Waals surface area (Å²) in [7, 11) is 0. The largest absolute Gasteiger partial charge is 0.309 e. The molecule has 0 bridgehead atoms. The highest BCUT2D eigenvalue weighted by atomic mass is 15.0. The first kappa shape index (κ1) is 43.3. The van der Waals surface area contributed by atoms with Crippen LogP contribution in [0.1, 0.15) is 89.2 Å². The van der Waals surface area contributed by atoms with Crippen LogP contribution in [0.3, 0.4) is 0 Å². The Morgan fingerprint density at radius 1 is 0.431 bits per heavy atom. The Hall–Kier alpha value is -6.96. The zero-order valence-electron chi connectivity index (χ0n) is 39.6. The molecule has 12 rings (SSSR count). The molecule has 2 aliphatic rings. The first-order chi connectivity index (χ1) is 31.6. The number of nitrogens with zero attached hydrogens (tertiary/aromatic N) is 1. The molecule has 2 aliphatic carbocycles. The molecule has 0 saturated heterocycles. The number of hydrogen-bond donors (Lipinski definition) is 0. The van der Waals surface area contributed by atoms with Crippen LogP contribution in [0, 0.1) is 34.6 Å². The lowest BCUT2D eigenvalue weighted by atomic mass is 9.73. The molecule has 0 amide bonds. The maximum atomic E-state index is 2.51. The second-order valence-electron chi connectivity index (χ2n) is 18.3. The molecule has 2 unspecified atom stereocenters. The number of benzene rings is 9. The highest BCUT2D eigenvalue weighted by Crippen LogP contribution is 2.56. The molecule has 322 valence electrons. The van der Waals surface area contributed by atoms with Crippen LogP contribution in [0.5, 0.6) is 0 Å². The van der Waals surface area contributed by atoms with Gasteiger partial charge in [-0.05, 0) is 140 Å². The Labute approximate surface area is 387 Å². The van der Waals surface area contributed by atoms with Gasteiger partial charge >= 0.3 is 0 Å². The van der Waals surface area contributed by atoms with Crippen LogP contribution in [-0.2, 0) is 11.8 Å². The van der Waals surface area contributed by atoms with E-state index in [4.69, 9.17) is 0 Å². The molecule has 9 aromatic carbocycles. The summed E-state index contributed by atoms with van der Waals surface area (Å²) in [4.78, 5) is 0. The summed E-state index contributed by atoms with van der Waals surface area (Å²) in [6.07, 6.45) is 1.17. The van der Waals surface area contributed by atoms with Gasteiger partial charge in [-0.3, -0.25) is 0 Å². The molecule has 1 aromatic heterocycles. The standard InChI is InChI=1S/C39H31N.C16H16.C7H8.C2H6/c1-24-15-18-35-31(20-24)32-21-25(2)16-19-36(32)40(35)37-23-34-38(29-13-9-8-12-28(29)37)30-17-14-26(3)22-33(30)39(34,4)27-10-6-5-7-11-27;1-11-7-8-15-14-6-4-3-5-13(14)10-12(2)16(15)9-11;1-7-5-3-2-4-6-7;1-2/h5-23H,1-4H3;3-9,12H,10H2,1-2H3;2-6H,1H3;1-2H3. The Bertz CT molecular complexity index is 3270. The predicted octanol–water partition coefficient (Wildman–Crippen LogP) is 17.5. The highest BCUT2D eigenvalue weighted by molar-refractivity contribution is 6.13. The van der Waals surface area contributed by atoms with Gasteiger partial charge < -0.3 is 4.57 Å². The summed E-state index contributed by atoms with van der Waals surface area (Å²) >= 11 is 0. The van der Waals surface area contributed by atoms with E-state index in [0.717, 1.165) is 0 Å². The van der Waals surface area contributed by atoms with E-state index >= 15 is 0 Å². The van der Waals surface area contributed by atoms with Crippen molar-refractivity contribution in [2.24, 2.45) is 0 Å². The highest BCUT2D eigenvalue weighted by Gasteiger charge is 2.42. The van der Waals surface area contributed by atoms with E-state index < -0.39 is 0 Å². The lowest BCUT2D eigenvalue weighted by Gasteiger charge is -2.29. The summed E-state index contributed by atoms with van der Waals surface area (Å²) < 4.78 is 2.51. The fraction of sp³-hybridized carbons (Fsp3) is 0.188. The van der Waals surface area contributed by atoms with Gasteiger partial charge in [0.15, 0.2) is 0 Å². The third-order valence-corrected chi connectivity index (χ3v) is 13.7. The lowest BCUT2D eigenvalue weighted by Crippen LogP contribution is -2.22. The molecule has 1 heterocycles. The van der Waals surface area contributed by atoms with E-state index in [1.165, 1.54) is 123 Å². The number of rotatable bonds is 2. The summed E-state index contributed by atoms with van der Waals surface area (Å²) in [6.45, 7) is 19.6. The molecule has 0 spiro atoms. The second-order valence-corrected chi connectivity index (χ2v) is 18.3. The minimum absolute atomic E-state index is 0.261. The number of fused-ring (bicyclic) bond motifs is 11. The fourth-order valence-corrected chi connectivity index (χ4v) is 10.5. The van der Waals surface area contributed by atoms with Crippen molar-refractivity contribution in [2.75, 3.05) is 0 Å². The summed E-state index contributed by atoms with van der Waals surface area (Å²) in [5.41, 5.74) is 22.7. The summed E-state index contributed by atoms with van der Waals surface area (Å²) in [5, 5.41) is 5.22. The minimum atomic E-state index is -0.261. The van der Waals surface area contributed by atoms with Gasteiger partial charge in [0.25, 0.3) is 0 Å². The van der Waals surface area contributed by atoms with Crippen LogP contribution in [0.15, 0.2) is 188 Å². The Kier molecular flexibility index (Phi) is 11.9. The summed E-state index contributed by atoms with van der Waals surface area (Å²) in [5.74, 6) is 0.643. The van der Waals surface area contributed by atoms with Crippen LogP contribution in [0.4, 0.5) is 0 Å². The van der Waals surface area contributed by atoms with Crippen LogP contribution < -0.4 is 0 Å². The molecular weight excluding hydrogens is 783 g/mol. The molecule has 1 heteroatoms. The average Bonchev–Trinajstić information content (AvgIpc) is 3.78. The van der Waals surface area contributed by atoms with Gasteiger partial charge in [-0.1, -0.05) is 206 Å². The maximum Gasteiger partial charge on any atom is 0.0544 e. The Morgan fingerprint density at radius 2 is 0.954 bits per heavy atom. The molecule has 1 nitrogen and oxygen atoms in total. The minimum Gasteiger partial charge on any atom is -0.309 e. The molecule has 10 aromatic rings. The van der Waals surface area contributed by atoms with Crippen molar-refractivity contribution in [3.8, 4) is 27.9 Å². The monoisotopic (exact) mass is 843 g/mol. The van der Waals surface area contributed by atoms with Crippen LogP contribution in [0.2, 0.25) is 0 Å². The molecule has 0 N–H and O–H groups in total. The number of aryl methyl sites for hydroxylation is 5. The molecule has 0 saturated carbocycles. The normalized spacial score (nSPS) is 15.3. The van der Waals surface area contributed by atoms with E-state index in [2.05, 4.69) is 223 Å². The topological polar surface area (TPSA) is 4.93 Å². The Balaban J connectivity index is 0.000000174. The van der Waals surface area contributed by atoms with Gasteiger partial charge in [0.2, 0.25) is 0 Å². The Morgan fingerprint density at radius 3 is 1.58 bits per heavy atom. The van der Waals surface area contributed by atoms with Crippen molar-refractivity contribution in [2.45, 2.75) is 80.1 Å². The molecule has 0 aliphatic heterocycles. The van der Waals surface area contributed by atoms with Crippen LogP contribution >= 0.6 is 0 Å². The molecular formula is C64H61N. The number of aromatic nitrogens is 1. The smallest absolute Gasteiger partial charge is 0.0544 e. The predicted molar refractivity (Wildman–Crippen MR) is 281 cm³/mol. The average molecular weight is 844 g/mol. The van der Waals surface area contributed by atoms with E-state index in [0.29, 0.717) is 5.92 Å². The van der Waals surface area contributed by atoms with E-state index in [1.54, 1.807) is 0 Å². The molecule has 2 atom stereocenters. The van der Waals surface area contributed by atoms with E-state index in [9.17, 15) is 0 Å². The molecule has 0 radical (unpaired) electrons. The van der Waals surface area contributed by atoms with Gasteiger partial charge in [-0.25, -0.2) is 0 Å². The van der Waals surface area contributed by atoms with Crippen molar-refractivity contribution in [3.05, 3.63) is 244 Å². The first-order valence-electron chi connectivity index (χ1n) is 23.6. The molecule has 65 heavy (non-hydrogen) atoms. The van der Waals surface area contributed by atoms with Crippen molar-refractivity contribution < 1.29 is 0 Å². The third-order valence-electron chi connectivity index (χ3n) is 13.7.